The molecule has 3 aromatic carbocycles. The number of rotatable bonds is 7. The molecule has 178 valence electrons. The highest BCUT2D eigenvalue weighted by Gasteiger charge is 2.26. The van der Waals surface area contributed by atoms with E-state index in [0.29, 0.717) is 12.5 Å². The maximum Gasteiger partial charge on any atom is 0.124 e. The summed E-state index contributed by atoms with van der Waals surface area (Å²) in [5.74, 6) is 1.48. The first-order valence-corrected chi connectivity index (χ1v) is 12.9. The van der Waals surface area contributed by atoms with Crippen LogP contribution in [-0.4, -0.2) is 4.98 Å². The summed E-state index contributed by atoms with van der Waals surface area (Å²) in [5.41, 5.74) is 11.6. The van der Waals surface area contributed by atoms with Crippen LogP contribution in [0, 0.1) is 6.92 Å². The molecule has 0 aliphatic heterocycles. The van der Waals surface area contributed by atoms with Gasteiger partial charge in [0, 0.05) is 17.1 Å². The zero-order valence-corrected chi connectivity index (χ0v) is 21.4. The van der Waals surface area contributed by atoms with Gasteiger partial charge in [0.1, 0.15) is 12.4 Å². The molecule has 2 heteroatoms. The molecule has 1 aliphatic carbocycles. The smallest absolute Gasteiger partial charge is 0.124 e. The van der Waals surface area contributed by atoms with Gasteiger partial charge in [-0.15, -0.1) is 0 Å². The molecule has 2 nitrogen and oxygen atoms in total. The predicted molar refractivity (Wildman–Crippen MR) is 147 cm³/mol. The lowest BCUT2D eigenvalue weighted by molar-refractivity contribution is 0.301. The van der Waals surface area contributed by atoms with Gasteiger partial charge in [0.05, 0.1) is 5.52 Å². The van der Waals surface area contributed by atoms with E-state index in [0.717, 1.165) is 36.9 Å². The molecule has 0 amide bonds. The molecule has 0 spiro atoms. The van der Waals surface area contributed by atoms with Crippen molar-refractivity contribution < 1.29 is 4.74 Å². The van der Waals surface area contributed by atoms with Crippen LogP contribution in [0.5, 0.6) is 5.75 Å². The van der Waals surface area contributed by atoms with Crippen LogP contribution >= 0.6 is 0 Å². The van der Waals surface area contributed by atoms with Crippen LogP contribution in [0.1, 0.15) is 67.3 Å². The molecule has 5 rings (SSSR count). The Kier molecular flexibility index (Phi) is 6.72. The summed E-state index contributed by atoms with van der Waals surface area (Å²) in [7, 11) is 0. The molecule has 1 aromatic heterocycles. The van der Waals surface area contributed by atoms with Crippen LogP contribution in [0.4, 0.5) is 0 Å². The van der Waals surface area contributed by atoms with E-state index in [-0.39, 0.29) is 0 Å². The molecule has 35 heavy (non-hydrogen) atoms. The second-order valence-electron chi connectivity index (χ2n) is 10.2. The van der Waals surface area contributed by atoms with Gasteiger partial charge >= 0.3 is 0 Å². The van der Waals surface area contributed by atoms with Crippen molar-refractivity contribution in [3.8, 4) is 16.9 Å². The predicted octanol–water partition coefficient (Wildman–Crippen LogP) is 8.74. The van der Waals surface area contributed by atoms with E-state index in [2.05, 4.69) is 101 Å². The van der Waals surface area contributed by atoms with Crippen molar-refractivity contribution in [2.24, 2.45) is 0 Å². The van der Waals surface area contributed by atoms with Crippen molar-refractivity contribution in [1.82, 2.24) is 4.98 Å². The fourth-order valence-electron chi connectivity index (χ4n) is 5.48. The summed E-state index contributed by atoms with van der Waals surface area (Å²) in [6.45, 7) is 9.41. The lowest BCUT2D eigenvalue weighted by atomic mass is 9.80. The lowest BCUT2D eigenvalue weighted by Crippen LogP contribution is -2.12. The van der Waals surface area contributed by atoms with Crippen molar-refractivity contribution in [1.29, 1.82) is 0 Å². The Balaban J connectivity index is 1.53. The molecular formula is C33H35NO. The van der Waals surface area contributed by atoms with Gasteiger partial charge in [-0.3, -0.25) is 4.98 Å². The number of aryl methyl sites for hydroxylation is 3. The minimum atomic E-state index is 0.458. The summed E-state index contributed by atoms with van der Waals surface area (Å²) in [5, 5.41) is 1.35. The molecule has 0 N–H and O–H groups in total. The zero-order valence-electron chi connectivity index (χ0n) is 21.4. The van der Waals surface area contributed by atoms with Gasteiger partial charge in [-0.2, -0.15) is 0 Å². The summed E-state index contributed by atoms with van der Waals surface area (Å²) in [6, 6.07) is 21.4. The maximum atomic E-state index is 6.64. The second kappa shape index (κ2) is 10.1. The Labute approximate surface area is 209 Å². The molecule has 0 fully saturated rings. The average Bonchev–Trinajstić information content (AvgIpc) is 2.87. The monoisotopic (exact) mass is 461 g/mol. The van der Waals surface area contributed by atoms with Crippen LogP contribution in [-0.2, 0) is 19.4 Å². The summed E-state index contributed by atoms with van der Waals surface area (Å²) < 4.78 is 6.64. The van der Waals surface area contributed by atoms with Gasteiger partial charge in [0.15, 0.2) is 0 Å². The van der Waals surface area contributed by atoms with E-state index >= 15 is 0 Å². The Bertz CT molecular complexity index is 1380. The van der Waals surface area contributed by atoms with Gasteiger partial charge in [-0.25, -0.2) is 0 Å². The maximum absolute atomic E-state index is 6.64. The van der Waals surface area contributed by atoms with Crippen molar-refractivity contribution in [2.75, 3.05) is 0 Å². The van der Waals surface area contributed by atoms with Crippen LogP contribution in [0.2, 0.25) is 0 Å². The van der Waals surface area contributed by atoms with E-state index in [9.17, 15) is 0 Å². The van der Waals surface area contributed by atoms with E-state index in [1.807, 2.05) is 0 Å². The van der Waals surface area contributed by atoms with Crippen molar-refractivity contribution in [2.45, 2.75) is 65.9 Å². The second-order valence-corrected chi connectivity index (χ2v) is 10.2. The highest BCUT2D eigenvalue weighted by Crippen LogP contribution is 2.44. The average molecular weight is 462 g/mol. The van der Waals surface area contributed by atoms with E-state index < -0.39 is 0 Å². The number of aromatic nitrogens is 1. The van der Waals surface area contributed by atoms with Crippen LogP contribution in [0.25, 0.3) is 22.0 Å². The molecule has 0 radical (unpaired) electrons. The third-order valence-electron chi connectivity index (χ3n) is 7.30. The first-order chi connectivity index (χ1) is 17.0. The van der Waals surface area contributed by atoms with Gasteiger partial charge in [-0.1, -0.05) is 73.2 Å². The number of pyridine rings is 1. The summed E-state index contributed by atoms with van der Waals surface area (Å²) in [6.07, 6.45) is 8.85. The van der Waals surface area contributed by atoms with E-state index in [1.165, 1.54) is 49.9 Å². The molecular weight excluding hydrogens is 426 g/mol. The van der Waals surface area contributed by atoms with Crippen LogP contribution in [0.15, 0.2) is 78.5 Å². The lowest BCUT2D eigenvalue weighted by Gasteiger charge is -2.28. The zero-order chi connectivity index (χ0) is 24.4. The molecule has 1 atom stereocenters. The normalized spacial score (nSPS) is 14.7. The van der Waals surface area contributed by atoms with Crippen molar-refractivity contribution >= 4 is 10.9 Å². The molecule has 0 bridgehead atoms. The summed E-state index contributed by atoms with van der Waals surface area (Å²) in [4.78, 5) is 4.95. The van der Waals surface area contributed by atoms with Gasteiger partial charge in [0.25, 0.3) is 0 Å². The number of hydrogen-bond donors (Lipinski definition) is 0. The van der Waals surface area contributed by atoms with Crippen molar-refractivity contribution in [3.05, 3.63) is 106 Å². The third-order valence-corrected chi connectivity index (χ3v) is 7.30. The standard InChI is InChI=1S/C33H35NO/c1-22(2)11-10-15-26-20-34-33-24(4)19-30(31-23(3)17-18-29(26)32(31)33)35-21-27-14-8-9-16-28(27)25-12-6-5-7-13-25/h5-9,11-14,16,19-20,23H,10,15,17-18,21H2,1-4H3/t23-/m1/s1. The van der Waals surface area contributed by atoms with Gasteiger partial charge in [-0.05, 0) is 91.8 Å². The quantitative estimate of drug-likeness (QED) is 0.257. The molecule has 1 aliphatic rings. The molecule has 1 heterocycles. The number of nitrogens with zero attached hydrogens (tertiary/aromatic N) is 1. The highest BCUT2D eigenvalue weighted by atomic mass is 16.5. The summed E-state index contributed by atoms with van der Waals surface area (Å²) >= 11 is 0. The van der Waals surface area contributed by atoms with Gasteiger partial charge < -0.3 is 4.74 Å². The minimum absolute atomic E-state index is 0.458. The fourth-order valence-corrected chi connectivity index (χ4v) is 5.48. The Morgan fingerprint density at radius 1 is 1.03 bits per heavy atom. The number of benzene rings is 3. The first kappa shape index (κ1) is 23.4. The topological polar surface area (TPSA) is 22.1 Å². The highest BCUT2D eigenvalue weighted by molar-refractivity contribution is 5.92. The van der Waals surface area contributed by atoms with E-state index in [4.69, 9.17) is 9.72 Å². The fraction of sp³-hybridized carbons (Fsp3) is 0.303. The number of allylic oxidation sites excluding steroid dienone is 2. The molecule has 0 saturated carbocycles. The minimum Gasteiger partial charge on any atom is -0.489 e. The van der Waals surface area contributed by atoms with Crippen LogP contribution < -0.4 is 4.74 Å². The molecule has 0 saturated heterocycles. The number of ether oxygens (including phenoxy) is 1. The largest absolute Gasteiger partial charge is 0.489 e. The van der Waals surface area contributed by atoms with Crippen LogP contribution in [0.3, 0.4) is 0 Å². The third kappa shape index (κ3) is 4.75. The Hall–Kier alpha value is -3.39. The Morgan fingerprint density at radius 3 is 2.60 bits per heavy atom. The Morgan fingerprint density at radius 2 is 1.80 bits per heavy atom. The molecule has 0 unspecified atom stereocenters. The first-order valence-electron chi connectivity index (χ1n) is 12.9. The molecule has 4 aromatic rings. The van der Waals surface area contributed by atoms with Gasteiger partial charge in [0.2, 0.25) is 0 Å². The van der Waals surface area contributed by atoms with Crippen molar-refractivity contribution in [3.63, 3.8) is 0 Å². The van der Waals surface area contributed by atoms with E-state index in [1.54, 1.807) is 0 Å². The number of hydrogen-bond acceptors (Lipinski definition) is 2. The SMILES string of the molecule is CC(C)=CCCc1cnc2c(C)cc(OCc3ccccc3-c3ccccc3)c3c2c1CC[C@H]3C.